The van der Waals surface area contributed by atoms with Gasteiger partial charge in [0, 0.05) is 12.0 Å². The van der Waals surface area contributed by atoms with E-state index in [2.05, 4.69) is 10.6 Å². The monoisotopic (exact) mass is 264 g/mol. The molecule has 0 bridgehead atoms. The molecular formula is C15H21FN2O. The van der Waals surface area contributed by atoms with Gasteiger partial charge in [-0.05, 0) is 50.9 Å². The molecule has 0 aromatic heterocycles. The first-order valence-corrected chi connectivity index (χ1v) is 6.91. The van der Waals surface area contributed by atoms with Crippen LogP contribution in [0.2, 0.25) is 0 Å². The van der Waals surface area contributed by atoms with Crippen molar-refractivity contribution in [3.8, 4) is 0 Å². The number of carbonyl (C=O) groups is 1. The van der Waals surface area contributed by atoms with Gasteiger partial charge in [-0.1, -0.05) is 18.2 Å². The largest absolute Gasteiger partial charge is 0.353 e. The first kappa shape index (κ1) is 14.0. The number of amides is 1. The van der Waals surface area contributed by atoms with Gasteiger partial charge >= 0.3 is 0 Å². The highest BCUT2D eigenvalue weighted by atomic mass is 19.1. The summed E-state index contributed by atoms with van der Waals surface area (Å²) in [6, 6.07) is 6.68. The second kappa shape index (κ2) is 6.66. The molecule has 1 unspecified atom stereocenters. The van der Waals surface area contributed by atoms with E-state index in [4.69, 9.17) is 0 Å². The zero-order valence-electron chi connectivity index (χ0n) is 11.3. The summed E-state index contributed by atoms with van der Waals surface area (Å²) in [5.74, 6) is 0.000116. The number of hydrogen-bond donors (Lipinski definition) is 2. The predicted octanol–water partition coefficient (Wildman–Crippen LogP) is 1.87. The maximum atomic E-state index is 13.5. The highest BCUT2D eigenvalue weighted by Crippen LogP contribution is 2.13. The average Bonchev–Trinajstić information content (AvgIpc) is 2.42. The Labute approximate surface area is 113 Å². The molecule has 0 radical (unpaired) electrons. The van der Waals surface area contributed by atoms with E-state index in [1.54, 1.807) is 12.1 Å². The van der Waals surface area contributed by atoms with Crippen LogP contribution in [0.4, 0.5) is 4.39 Å². The average molecular weight is 264 g/mol. The fourth-order valence-electron chi connectivity index (χ4n) is 2.49. The van der Waals surface area contributed by atoms with E-state index in [-0.39, 0.29) is 23.7 Å². The lowest BCUT2D eigenvalue weighted by Gasteiger charge is -2.24. The molecule has 0 aliphatic carbocycles. The van der Waals surface area contributed by atoms with Crippen LogP contribution in [0.1, 0.15) is 25.3 Å². The third kappa shape index (κ3) is 4.03. The van der Waals surface area contributed by atoms with E-state index in [0.717, 1.165) is 25.9 Å². The predicted molar refractivity (Wildman–Crippen MR) is 73.3 cm³/mol. The van der Waals surface area contributed by atoms with Crippen molar-refractivity contribution < 1.29 is 9.18 Å². The lowest BCUT2D eigenvalue weighted by molar-refractivity contribution is -0.126. The normalized spacial score (nSPS) is 18.0. The molecule has 19 heavy (non-hydrogen) atoms. The van der Waals surface area contributed by atoms with Gasteiger partial charge in [-0.25, -0.2) is 4.39 Å². The lowest BCUT2D eigenvalue weighted by atomic mass is 9.96. The van der Waals surface area contributed by atoms with Crippen molar-refractivity contribution >= 4 is 5.91 Å². The standard InChI is InChI=1S/C15H21FN2O/c1-11(10-13-4-2-3-5-14(13)16)18-15(19)12-6-8-17-9-7-12/h2-5,11-12,17H,6-10H2,1H3,(H,18,19). The topological polar surface area (TPSA) is 41.1 Å². The molecule has 1 heterocycles. The first-order chi connectivity index (χ1) is 9.16. The van der Waals surface area contributed by atoms with Crippen molar-refractivity contribution in [1.82, 2.24) is 10.6 Å². The Bertz CT molecular complexity index is 430. The third-order valence-corrected chi connectivity index (χ3v) is 3.58. The molecule has 0 spiro atoms. The minimum atomic E-state index is -0.203. The van der Waals surface area contributed by atoms with Crippen LogP contribution in [-0.2, 0) is 11.2 Å². The third-order valence-electron chi connectivity index (χ3n) is 3.58. The maximum absolute atomic E-state index is 13.5. The van der Waals surface area contributed by atoms with Gasteiger partial charge in [0.15, 0.2) is 0 Å². The van der Waals surface area contributed by atoms with Gasteiger partial charge in [0.2, 0.25) is 5.91 Å². The van der Waals surface area contributed by atoms with Crippen molar-refractivity contribution in [3.05, 3.63) is 35.6 Å². The number of rotatable bonds is 4. The minimum Gasteiger partial charge on any atom is -0.353 e. The van der Waals surface area contributed by atoms with E-state index in [1.165, 1.54) is 6.07 Å². The first-order valence-electron chi connectivity index (χ1n) is 6.91. The van der Waals surface area contributed by atoms with Gasteiger partial charge in [-0.2, -0.15) is 0 Å². The minimum absolute atomic E-state index is 0.0423. The van der Waals surface area contributed by atoms with E-state index >= 15 is 0 Å². The van der Waals surface area contributed by atoms with Crippen LogP contribution in [0.25, 0.3) is 0 Å². The van der Waals surface area contributed by atoms with Crippen molar-refractivity contribution in [2.45, 2.75) is 32.2 Å². The molecular weight excluding hydrogens is 243 g/mol. The number of hydrogen-bond acceptors (Lipinski definition) is 2. The highest BCUT2D eigenvalue weighted by molar-refractivity contribution is 5.79. The van der Waals surface area contributed by atoms with Crippen LogP contribution in [0, 0.1) is 11.7 Å². The number of piperidine rings is 1. The number of halogens is 1. The highest BCUT2D eigenvalue weighted by Gasteiger charge is 2.22. The molecule has 1 aromatic carbocycles. The van der Waals surface area contributed by atoms with Crippen LogP contribution in [0.5, 0.6) is 0 Å². The summed E-state index contributed by atoms with van der Waals surface area (Å²) in [6.07, 6.45) is 2.31. The lowest BCUT2D eigenvalue weighted by Crippen LogP contribution is -2.42. The van der Waals surface area contributed by atoms with Crippen LogP contribution < -0.4 is 10.6 Å². The second-order valence-electron chi connectivity index (χ2n) is 5.23. The van der Waals surface area contributed by atoms with Crippen LogP contribution >= 0.6 is 0 Å². The second-order valence-corrected chi connectivity index (χ2v) is 5.23. The molecule has 1 atom stereocenters. The SMILES string of the molecule is CC(Cc1ccccc1F)NC(=O)C1CCNCC1. The Hall–Kier alpha value is -1.42. The molecule has 1 aromatic rings. The molecule has 1 aliphatic heterocycles. The number of nitrogens with one attached hydrogen (secondary N) is 2. The summed E-state index contributed by atoms with van der Waals surface area (Å²) >= 11 is 0. The van der Waals surface area contributed by atoms with Gasteiger partial charge in [-0.15, -0.1) is 0 Å². The zero-order valence-corrected chi connectivity index (χ0v) is 11.3. The maximum Gasteiger partial charge on any atom is 0.223 e. The Morgan fingerprint density at radius 2 is 2.11 bits per heavy atom. The molecule has 2 N–H and O–H groups in total. The Morgan fingerprint density at radius 1 is 1.42 bits per heavy atom. The molecule has 1 saturated heterocycles. The van der Waals surface area contributed by atoms with Crippen LogP contribution in [0.3, 0.4) is 0 Å². The molecule has 0 saturated carbocycles. The number of carbonyl (C=O) groups excluding carboxylic acids is 1. The molecule has 1 amide bonds. The van der Waals surface area contributed by atoms with Gasteiger partial charge in [0.05, 0.1) is 0 Å². The van der Waals surface area contributed by atoms with Crippen LogP contribution in [0.15, 0.2) is 24.3 Å². The van der Waals surface area contributed by atoms with E-state index < -0.39 is 0 Å². The van der Waals surface area contributed by atoms with Gasteiger partial charge in [0.25, 0.3) is 0 Å². The number of benzene rings is 1. The Kier molecular flexibility index (Phi) is 4.91. The van der Waals surface area contributed by atoms with Crippen molar-refractivity contribution in [1.29, 1.82) is 0 Å². The summed E-state index contributed by atoms with van der Waals surface area (Å²) < 4.78 is 13.5. The molecule has 3 nitrogen and oxygen atoms in total. The van der Waals surface area contributed by atoms with Gasteiger partial charge in [0.1, 0.15) is 5.82 Å². The summed E-state index contributed by atoms with van der Waals surface area (Å²) in [4.78, 5) is 12.1. The molecule has 104 valence electrons. The Balaban J connectivity index is 1.85. The quantitative estimate of drug-likeness (QED) is 0.871. The molecule has 4 heteroatoms. The Morgan fingerprint density at radius 3 is 2.79 bits per heavy atom. The molecule has 1 fully saturated rings. The summed E-state index contributed by atoms with van der Waals surface area (Å²) in [5, 5.41) is 6.23. The smallest absolute Gasteiger partial charge is 0.223 e. The van der Waals surface area contributed by atoms with E-state index in [1.807, 2.05) is 13.0 Å². The summed E-state index contributed by atoms with van der Waals surface area (Å²) in [7, 11) is 0. The summed E-state index contributed by atoms with van der Waals surface area (Å²) in [6.45, 7) is 3.73. The van der Waals surface area contributed by atoms with Crippen molar-refractivity contribution in [2.24, 2.45) is 5.92 Å². The van der Waals surface area contributed by atoms with E-state index in [0.29, 0.717) is 12.0 Å². The fourth-order valence-corrected chi connectivity index (χ4v) is 2.49. The zero-order chi connectivity index (χ0) is 13.7. The fraction of sp³-hybridized carbons (Fsp3) is 0.533. The van der Waals surface area contributed by atoms with Gasteiger partial charge in [-0.3, -0.25) is 4.79 Å². The molecule has 1 aliphatic rings. The molecule has 2 rings (SSSR count). The van der Waals surface area contributed by atoms with E-state index in [9.17, 15) is 9.18 Å². The van der Waals surface area contributed by atoms with Crippen molar-refractivity contribution in [2.75, 3.05) is 13.1 Å². The van der Waals surface area contributed by atoms with Gasteiger partial charge < -0.3 is 10.6 Å². The summed E-state index contributed by atoms with van der Waals surface area (Å²) in [5.41, 5.74) is 0.653. The van der Waals surface area contributed by atoms with Crippen molar-refractivity contribution in [3.63, 3.8) is 0 Å². The van der Waals surface area contributed by atoms with Crippen LogP contribution in [-0.4, -0.2) is 25.0 Å².